The SMILES string of the molecule is Fc1ccc2nc(-c3ccsc3)nc(Cl)c2c1. The van der Waals surface area contributed by atoms with E-state index in [1.807, 2.05) is 16.8 Å². The average Bonchev–Trinajstić information content (AvgIpc) is 2.83. The lowest BCUT2D eigenvalue weighted by Gasteiger charge is -2.02. The van der Waals surface area contributed by atoms with Crippen molar-refractivity contribution in [3.8, 4) is 11.4 Å². The largest absolute Gasteiger partial charge is 0.228 e. The summed E-state index contributed by atoms with van der Waals surface area (Å²) in [7, 11) is 0. The number of nitrogens with zero attached hydrogens (tertiary/aromatic N) is 2. The molecule has 1 aromatic carbocycles. The van der Waals surface area contributed by atoms with Crippen LogP contribution in [0.5, 0.6) is 0 Å². The average molecular weight is 265 g/mol. The highest BCUT2D eigenvalue weighted by Gasteiger charge is 2.08. The first kappa shape index (κ1) is 10.6. The molecule has 0 fully saturated rings. The van der Waals surface area contributed by atoms with Crippen molar-refractivity contribution in [3.05, 3.63) is 46.0 Å². The fraction of sp³-hybridized carbons (Fsp3) is 0. The molecular weight excluding hydrogens is 259 g/mol. The highest BCUT2D eigenvalue weighted by atomic mass is 35.5. The van der Waals surface area contributed by atoms with Crippen LogP contribution in [-0.2, 0) is 0 Å². The molecule has 0 saturated heterocycles. The number of halogens is 2. The molecule has 0 aliphatic heterocycles. The highest BCUT2D eigenvalue weighted by Crippen LogP contribution is 2.26. The van der Waals surface area contributed by atoms with Crippen LogP contribution in [0.4, 0.5) is 4.39 Å². The third-order valence-corrected chi connectivity index (χ3v) is 3.36. The van der Waals surface area contributed by atoms with Gasteiger partial charge in [-0.25, -0.2) is 14.4 Å². The van der Waals surface area contributed by atoms with E-state index in [0.717, 1.165) is 5.56 Å². The summed E-state index contributed by atoms with van der Waals surface area (Å²) in [5, 5.41) is 4.70. The number of rotatable bonds is 1. The van der Waals surface area contributed by atoms with Crippen molar-refractivity contribution in [3.63, 3.8) is 0 Å². The predicted octanol–water partition coefficient (Wildman–Crippen LogP) is 4.15. The van der Waals surface area contributed by atoms with Crippen LogP contribution in [-0.4, -0.2) is 9.97 Å². The van der Waals surface area contributed by atoms with Gasteiger partial charge in [0.1, 0.15) is 11.0 Å². The predicted molar refractivity (Wildman–Crippen MR) is 67.8 cm³/mol. The maximum Gasteiger partial charge on any atom is 0.162 e. The zero-order chi connectivity index (χ0) is 11.8. The van der Waals surface area contributed by atoms with Gasteiger partial charge in [0.25, 0.3) is 0 Å². The minimum atomic E-state index is -0.341. The number of aromatic nitrogens is 2. The Hall–Kier alpha value is -1.52. The molecule has 17 heavy (non-hydrogen) atoms. The van der Waals surface area contributed by atoms with Gasteiger partial charge in [-0.3, -0.25) is 0 Å². The molecule has 0 spiro atoms. The Morgan fingerprint density at radius 1 is 1.18 bits per heavy atom. The summed E-state index contributed by atoms with van der Waals surface area (Å²) >= 11 is 7.60. The lowest BCUT2D eigenvalue weighted by atomic mass is 10.2. The third kappa shape index (κ3) is 1.90. The monoisotopic (exact) mass is 264 g/mol. The van der Waals surface area contributed by atoms with Crippen LogP contribution < -0.4 is 0 Å². The standard InChI is InChI=1S/C12H6ClFN2S/c13-11-9-5-8(14)1-2-10(9)15-12(16-11)7-3-4-17-6-7/h1-6H. The molecule has 3 rings (SSSR count). The van der Waals surface area contributed by atoms with Crippen LogP contribution in [0.2, 0.25) is 5.15 Å². The number of fused-ring (bicyclic) bond motifs is 1. The molecule has 0 N–H and O–H groups in total. The Bertz CT molecular complexity index is 682. The first-order chi connectivity index (χ1) is 8.24. The van der Waals surface area contributed by atoms with Crippen molar-refractivity contribution < 1.29 is 4.39 Å². The Kier molecular flexibility index (Phi) is 2.53. The van der Waals surface area contributed by atoms with E-state index in [9.17, 15) is 4.39 Å². The van der Waals surface area contributed by atoms with E-state index in [1.54, 1.807) is 17.4 Å². The van der Waals surface area contributed by atoms with E-state index < -0.39 is 0 Å². The van der Waals surface area contributed by atoms with Gasteiger partial charge in [-0.2, -0.15) is 11.3 Å². The van der Waals surface area contributed by atoms with Crippen LogP contribution in [0.15, 0.2) is 35.0 Å². The number of thiophene rings is 1. The Morgan fingerprint density at radius 3 is 2.82 bits per heavy atom. The van der Waals surface area contributed by atoms with E-state index in [0.29, 0.717) is 16.7 Å². The smallest absolute Gasteiger partial charge is 0.162 e. The lowest BCUT2D eigenvalue weighted by Crippen LogP contribution is -1.91. The summed E-state index contributed by atoms with van der Waals surface area (Å²) in [6.45, 7) is 0. The molecular formula is C12H6ClFN2S. The quantitative estimate of drug-likeness (QED) is 0.617. The summed E-state index contributed by atoms with van der Waals surface area (Å²) in [6, 6.07) is 6.23. The van der Waals surface area contributed by atoms with Gasteiger partial charge >= 0.3 is 0 Å². The topological polar surface area (TPSA) is 25.8 Å². The normalized spacial score (nSPS) is 10.9. The minimum Gasteiger partial charge on any atom is -0.228 e. The van der Waals surface area contributed by atoms with Gasteiger partial charge in [0.15, 0.2) is 5.82 Å². The van der Waals surface area contributed by atoms with Crippen LogP contribution in [0.25, 0.3) is 22.3 Å². The first-order valence-electron chi connectivity index (χ1n) is 4.89. The van der Waals surface area contributed by atoms with Gasteiger partial charge in [0.05, 0.1) is 5.52 Å². The Morgan fingerprint density at radius 2 is 2.06 bits per heavy atom. The molecule has 84 valence electrons. The second-order valence-electron chi connectivity index (χ2n) is 3.51. The van der Waals surface area contributed by atoms with E-state index >= 15 is 0 Å². The second-order valence-corrected chi connectivity index (χ2v) is 4.65. The minimum absolute atomic E-state index is 0.274. The molecule has 2 heterocycles. The molecule has 5 heteroatoms. The van der Waals surface area contributed by atoms with Gasteiger partial charge in [-0.05, 0) is 29.6 Å². The van der Waals surface area contributed by atoms with Crippen LogP contribution in [0, 0.1) is 5.82 Å². The second kappa shape index (κ2) is 4.05. The molecule has 3 aromatic rings. The molecule has 0 atom stereocenters. The van der Waals surface area contributed by atoms with Gasteiger partial charge < -0.3 is 0 Å². The van der Waals surface area contributed by atoms with E-state index in [1.165, 1.54) is 12.1 Å². The first-order valence-corrected chi connectivity index (χ1v) is 6.21. The third-order valence-electron chi connectivity index (χ3n) is 2.39. The molecule has 0 aliphatic rings. The Balaban J connectivity index is 2.28. The maximum absolute atomic E-state index is 13.1. The van der Waals surface area contributed by atoms with Crippen molar-refractivity contribution in [2.75, 3.05) is 0 Å². The van der Waals surface area contributed by atoms with Gasteiger partial charge in [-0.15, -0.1) is 0 Å². The highest BCUT2D eigenvalue weighted by molar-refractivity contribution is 7.08. The number of hydrogen-bond acceptors (Lipinski definition) is 3. The van der Waals surface area contributed by atoms with Crippen LogP contribution >= 0.6 is 22.9 Å². The van der Waals surface area contributed by atoms with Crippen LogP contribution in [0.3, 0.4) is 0 Å². The zero-order valence-corrected chi connectivity index (χ0v) is 10.1. The molecule has 0 unspecified atom stereocenters. The van der Waals surface area contributed by atoms with Crippen molar-refractivity contribution in [2.45, 2.75) is 0 Å². The van der Waals surface area contributed by atoms with Crippen molar-refractivity contribution in [2.24, 2.45) is 0 Å². The summed E-state index contributed by atoms with van der Waals surface area (Å²) in [6.07, 6.45) is 0. The summed E-state index contributed by atoms with van der Waals surface area (Å²) in [4.78, 5) is 8.54. The number of benzene rings is 1. The molecule has 0 aliphatic carbocycles. The van der Waals surface area contributed by atoms with Crippen molar-refractivity contribution in [1.82, 2.24) is 9.97 Å². The fourth-order valence-electron chi connectivity index (χ4n) is 1.58. The fourth-order valence-corrected chi connectivity index (χ4v) is 2.45. The molecule has 2 aromatic heterocycles. The van der Waals surface area contributed by atoms with Gasteiger partial charge in [0.2, 0.25) is 0 Å². The molecule has 0 amide bonds. The zero-order valence-electron chi connectivity index (χ0n) is 8.52. The van der Waals surface area contributed by atoms with Crippen molar-refractivity contribution in [1.29, 1.82) is 0 Å². The van der Waals surface area contributed by atoms with E-state index in [-0.39, 0.29) is 11.0 Å². The van der Waals surface area contributed by atoms with E-state index in [4.69, 9.17) is 11.6 Å². The molecule has 0 bridgehead atoms. The molecule has 0 radical (unpaired) electrons. The number of hydrogen-bond donors (Lipinski definition) is 0. The summed E-state index contributed by atoms with van der Waals surface area (Å²) < 4.78 is 13.1. The van der Waals surface area contributed by atoms with E-state index in [2.05, 4.69) is 9.97 Å². The van der Waals surface area contributed by atoms with Gasteiger partial charge in [-0.1, -0.05) is 11.6 Å². The summed E-state index contributed by atoms with van der Waals surface area (Å²) in [5.74, 6) is 0.224. The van der Waals surface area contributed by atoms with Crippen LogP contribution in [0.1, 0.15) is 0 Å². The lowest BCUT2D eigenvalue weighted by molar-refractivity contribution is 0.629. The maximum atomic E-state index is 13.1. The molecule has 0 saturated carbocycles. The Labute approximate surface area is 106 Å². The van der Waals surface area contributed by atoms with Crippen molar-refractivity contribution >= 4 is 33.8 Å². The summed E-state index contributed by atoms with van der Waals surface area (Å²) in [5.41, 5.74) is 1.57. The van der Waals surface area contributed by atoms with Gasteiger partial charge in [0, 0.05) is 16.3 Å². The molecule has 2 nitrogen and oxygen atoms in total.